The monoisotopic (exact) mass is 538 g/mol. The molecular weight excluding hydrogens is 512 g/mol. The summed E-state index contributed by atoms with van der Waals surface area (Å²) >= 11 is 3.50. The fraction of sp³-hybridized carbons (Fsp3) is 0.161. The molecule has 0 spiro atoms. The van der Waals surface area contributed by atoms with E-state index in [2.05, 4.69) is 22.9 Å². The van der Waals surface area contributed by atoms with Gasteiger partial charge in [0, 0.05) is 33.0 Å². The Labute approximate surface area is 220 Å². The molecule has 0 aliphatic carbocycles. The maximum absolute atomic E-state index is 14.0. The molecular formula is C31H27BrN2O2. The van der Waals surface area contributed by atoms with Crippen molar-refractivity contribution in [3.63, 3.8) is 0 Å². The Kier molecular flexibility index (Phi) is 6.75. The minimum atomic E-state index is -0.229. The third-order valence-corrected chi connectivity index (χ3v) is 7.21. The minimum absolute atomic E-state index is 0.0297. The Balaban J connectivity index is 1.60. The zero-order valence-corrected chi connectivity index (χ0v) is 21.9. The molecule has 0 aromatic heterocycles. The van der Waals surface area contributed by atoms with E-state index in [4.69, 9.17) is 0 Å². The Morgan fingerprint density at radius 3 is 2.25 bits per heavy atom. The molecule has 0 N–H and O–H groups in total. The molecule has 2 unspecified atom stereocenters. The number of fused-ring (bicyclic) bond motifs is 1. The Hall–Kier alpha value is -3.70. The molecule has 4 nitrogen and oxygen atoms in total. The van der Waals surface area contributed by atoms with Crippen molar-refractivity contribution in [1.29, 1.82) is 0 Å². The molecule has 1 aliphatic heterocycles. The number of amides is 2. The van der Waals surface area contributed by atoms with Crippen LogP contribution >= 0.6 is 15.9 Å². The molecule has 4 aromatic rings. The van der Waals surface area contributed by atoms with Crippen LogP contribution in [0.15, 0.2) is 108 Å². The Morgan fingerprint density at radius 2 is 1.53 bits per heavy atom. The largest absolute Gasteiger partial charge is 0.305 e. The van der Waals surface area contributed by atoms with Crippen LogP contribution in [0.3, 0.4) is 0 Å². The highest BCUT2D eigenvalue weighted by Crippen LogP contribution is 2.43. The smallest absolute Gasteiger partial charge is 0.258 e. The van der Waals surface area contributed by atoms with Gasteiger partial charge >= 0.3 is 0 Å². The Bertz CT molecular complexity index is 1400. The lowest BCUT2D eigenvalue weighted by Gasteiger charge is -2.43. The predicted octanol–water partition coefficient (Wildman–Crippen LogP) is 7.58. The predicted molar refractivity (Wildman–Crippen MR) is 149 cm³/mol. The van der Waals surface area contributed by atoms with Gasteiger partial charge in [-0.1, -0.05) is 76.1 Å². The summed E-state index contributed by atoms with van der Waals surface area (Å²) in [5.74, 6) is -0.106. The van der Waals surface area contributed by atoms with Crippen LogP contribution in [0.1, 0.15) is 51.2 Å². The van der Waals surface area contributed by atoms with E-state index in [0.29, 0.717) is 17.5 Å². The molecule has 0 saturated carbocycles. The number of anilines is 2. The highest BCUT2D eigenvalue weighted by atomic mass is 79.9. The molecule has 0 radical (unpaired) electrons. The maximum atomic E-state index is 14.0. The van der Waals surface area contributed by atoms with Crippen molar-refractivity contribution in [2.75, 3.05) is 9.80 Å². The van der Waals surface area contributed by atoms with Crippen molar-refractivity contribution in [3.8, 4) is 0 Å². The van der Waals surface area contributed by atoms with Crippen molar-refractivity contribution in [1.82, 2.24) is 0 Å². The van der Waals surface area contributed by atoms with E-state index in [1.165, 1.54) is 0 Å². The summed E-state index contributed by atoms with van der Waals surface area (Å²) in [6.45, 7) is 4.07. The van der Waals surface area contributed by atoms with Gasteiger partial charge in [-0.15, -0.1) is 0 Å². The highest BCUT2D eigenvalue weighted by molar-refractivity contribution is 9.10. The van der Waals surface area contributed by atoms with Gasteiger partial charge in [-0.3, -0.25) is 9.59 Å². The molecule has 1 heterocycles. The van der Waals surface area contributed by atoms with Crippen LogP contribution in [0.5, 0.6) is 0 Å². The molecule has 1 aliphatic rings. The number of halogens is 1. The van der Waals surface area contributed by atoms with Gasteiger partial charge in [-0.05, 0) is 74.4 Å². The van der Waals surface area contributed by atoms with Crippen LogP contribution in [-0.4, -0.2) is 17.9 Å². The number of carbonyl (C=O) groups excluding carboxylic acids is 2. The normalized spacial score (nSPS) is 16.8. The van der Waals surface area contributed by atoms with E-state index in [1.807, 2.05) is 120 Å². The summed E-state index contributed by atoms with van der Waals surface area (Å²) in [6, 6.07) is 32.5. The topological polar surface area (TPSA) is 40.6 Å². The van der Waals surface area contributed by atoms with Crippen molar-refractivity contribution in [3.05, 3.63) is 130 Å². The van der Waals surface area contributed by atoms with Gasteiger partial charge in [0.25, 0.3) is 11.8 Å². The molecule has 0 saturated heterocycles. The number of nitrogens with zero attached hydrogens (tertiary/aromatic N) is 2. The number of para-hydroxylation sites is 2. The van der Waals surface area contributed by atoms with Crippen LogP contribution in [-0.2, 0) is 0 Å². The summed E-state index contributed by atoms with van der Waals surface area (Å²) in [5, 5.41) is 0. The Morgan fingerprint density at radius 1 is 0.833 bits per heavy atom. The molecule has 4 aromatic carbocycles. The number of rotatable bonds is 4. The van der Waals surface area contributed by atoms with Gasteiger partial charge < -0.3 is 9.80 Å². The molecule has 180 valence electrons. The summed E-state index contributed by atoms with van der Waals surface area (Å²) in [5.41, 5.74) is 5.01. The van der Waals surface area contributed by atoms with Gasteiger partial charge in [-0.25, -0.2) is 0 Å². The average molecular weight is 539 g/mol. The van der Waals surface area contributed by atoms with Crippen molar-refractivity contribution < 1.29 is 9.59 Å². The molecule has 5 rings (SSSR count). The molecule has 2 amide bonds. The first kappa shape index (κ1) is 24.0. The first-order valence-electron chi connectivity index (χ1n) is 12.1. The first-order valence-corrected chi connectivity index (χ1v) is 12.9. The lowest BCUT2D eigenvalue weighted by atomic mass is 9.89. The number of hydrogen-bond acceptors (Lipinski definition) is 2. The van der Waals surface area contributed by atoms with Crippen LogP contribution in [0.2, 0.25) is 0 Å². The second-order valence-electron chi connectivity index (χ2n) is 9.22. The third-order valence-electron chi connectivity index (χ3n) is 6.71. The number of hydrogen-bond donors (Lipinski definition) is 0. The van der Waals surface area contributed by atoms with Crippen LogP contribution < -0.4 is 9.80 Å². The van der Waals surface area contributed by atoms with Crippen LogP contribution in [0.25, 0.3) is 0 Å². The fourth-order valence-corrected chi connectivity index (χ4v) is 5.36. The van der Waals surface area contributed by atoms with E-state index >= 15 is 0 Å². The molecule has 36 heavy (non-hydrogen) atoms. The van der Waals surface area contributed by atoms with Crippen molar-refractivity contribution in [2.45, 2.75) is 32.4 Å². The molecule has 2 atom stereocenters. The maximum Gasteiger partial charge on any atom is 0.258 e. The van der Waals surface area contributed by atoms with E-state index in [-0.39, 0.29) is 23.9 Å². The molecule has 5 heteroatoms. The van der Waals surface area contributed by atoms with E-state index < -0.39 is 0 Å². The zero-order valence-electron chi connectivity index (χ0n) is 20.3. The molecule has 0 bridgehead atoms. The number of benzene rings is 4. The summed E-state index contributed by atoms with van der Waals surface area (Å²) < 4.78 is 0.855. The van der Waals surface area contributed by atoms with Gasteiger partial charge in [0.15, 0.2) is 0 Å². The summed E-state index contributed by atoms with van der Waals surface area (Å²) in [6.07, 6.45) is 0.614. The minimum Gasteiger partial charge on any atom is -0.305 e. The van der Waals surface area contributed by atoms with Crippen LogP contribution in [0.4, 0.5) is 11.4 Å². The van der Waals surface area contributed by atoms with E-state index in [9.17, 15) is 9.59 Å². The second kappa shape index (κ2) is 10.1. The fourth-order valence-electron chi connectivity index (χ4n) is 4.96. The zero-order chi connectivity index (χ0) is 25.2. The SMILES string of the molecule is Cc1ccc(C(=O)N2c3ccccc3C(N(C(=O)c3cccc(Br)c3)c3ccccc3)CC2C)cc1. The van der Waals surface area contributed by atoms with Crippen LogP contribution in [0, 0.1) is 6.92 Å². The van der Waals surface area contributed by atoms with Gasteiger partial charge in [0.1, 0.15) is 0 Å². The van der Waals surface area contributed by atoms with Gasteiger partial charge in [-0.2, -0.15) is 0 Å². The third kappa shape index (κ3) is 4.59. The van der Waals surface area contributed by atoms with E-state index in [0.717, 1.165) is 27.0 Å². The summed E-state index contributed by atoms with van der Waals surface area (Å²) in [4.78, 5) is 31.4. The van der Waals surface area contributed by atoms with Gasteiger partial charge in [0.05, 0.1) is 6.04 Å². The second-order valence-corrected chi connectivity index (χ2v) is 10.1. The lowest BCUT2D eigenvalue weighted by molar-refractivity contribution is 0.0965. The van der Waals surface area contributed by atoms with Crippen molar-refractivity contribution >= 4 is 39.1 Å². The summed E-state index contributed by atoms with van der Waals surface area (Å²) in [7, 11) is 0. The van der Waals surface area contributed by atoms with Gasteiger partial charge in [0.2, 0.25) is 0 Å². The van der Waals surface area contributed by atoms with E-state index in [1.54, 1.807) is 0 Å². The lowest BCUT2D eigenvalue weighted by Crippen LogP contribution is -2.47. The van der Waals surface area contributed by atoms with Crippen molar-refractivity contribution in [2.24, 2.45) is 0 Å². The standard InChI is InChI=1S/C31H27BrN2O2/c1-21-15-17-23(18-16-21)30(35)33-22(2)19-29(27-13-6-7-14-28(27)33)34(26-11-4-3-5-12-26)31(36)24-9-8-10-25(32)20-24/h3-18,20,22,29H,19H2,1-2H3. The number of carbonyl (C=O) groups is 2. The number of aryl methyl sites for hydroxylation is 1. The first-order chi connectivity index (χ1) is 17.4. The highest BCUT2D eigenvalue weighted by Gasteiger charge is 2.39. The average Bonchev–Trinajstić information content (AvgIpc) is 2.89. The molecule has 0 fully saturated rings. The quantitative estimate of drug-likeness (QED) is 0.268.